The fraction of sp³-hybridized carbons (Fsp3) is 0.155. The van der Waals surface area contributed by atoms with Crippen LogP contribution >= 0.6 is 22.7 Å². The minimum absolute atomic E-state index is 0. The number of carboxylic acid groups (broad SMARTS) is 1. The van der Waals surface area contributed by atoms with E-state index in [1.807, 2.05) is 41.7 Å². The Labute approximate surface area is 903 Å². The number of nitrogens with zero attached hydrogens (tertiary/aromatic N) is 2. The molecule has 0 amide bonds. The Hall–Kier alpha value is -9.97. The molecule has 3 aliphatic rings. The molecule has 18 heteroatoms. The normalized spacial score (nSPS) is 12.4. The number of aromatic carboxylic acids is 1. The van der Waals surface area contributed by atoms with Gasteiger partial charge in [-0.2, -0.15) is 39.4 Å². The van der Waals surface area contributed by atoms with Gasteiger partial charge in [-0.1, -0.05) is 261 Å². The molecule has 0 bridgehead atoms. The van der Waals surface area contributed by atoms with Crippen molar-refractivity contribution >= 4 is 119 Å². The summed E-state index contributed by atoms with van der Waals surface area (Å²) in [6, 6.07) is 126. The molecule has 14 nitrogen and oxygen atoms in total. The molecule has 4 heterocycles. The van der Waals surface area contributed by atoms with E-state index in [4.69, 9.17) is 48.2 Å². The number of aliphatic hydroxyl groups is 2. The van der Waals surface area contributed by atoms with Gasteiger partial charge >= 0.3 is 144 Å². The Balaban J connectivity index is 0.000000130. The van der Waals surface area contributed by atoms with Crippen LogP contribution in [0.4, 0.5) is 0 Å². The van der Waals surface area contributed by atoms with Gasteiger partial charge in [0.25, 0.3) is 0 Å². The topological polar surface area (TPSA) is 180 Å². The molecule has 0 fully saturated rings. The number of para-hydroxylation sites is 4. The predicted octanol–water partition coefficient (Wildman–Crippen LogP) is 17.9. The molecular weight excluding hydrogens is 1940 g/mol. The first kappa shape index (κ1) is 95.7. The van der Waals surface area contributed by atoms with Gasteiger partial charge in [-0.15, -0.1) is 28.2 Å². The van der Waals surface area contributed by atoms with Crippen LogP contribution in [-0.2, 0) is 44.1 Å². The number of aromatic nitrogens is 2. The minimum Gasteiger partial charge on any atom is -0.545 e. The van der Waals surface area contributed by atoms with Crippen LogP contribution in [0.25, 0.3) is 140 Å². The third-order valence-electron chi connectivity index (χ3n) is 25.4. The van der Waals surface area contributed by atoms with Gasteiger partial charge in [0.05, 0.1) is 106 Å². The third-order valence-corrected chi connectivity index (χ3v) is 27.8. The van der Waals surface area contributed by atoms with Crippen molar-refractivity contribution in [3.05, 3.63) is 413 Å². The van der Waals surface area contributed by atoms with Gasteiger partial charge in [0.2, 0.25) is 0 Å². The molecule has 20 aromatic rings. The number of fused-ring (bicyclic) bond motifs is 25. The molecule has 16 aromatic carbocycles. The van der Waals surface area contributed by atoms with Crippen LogP contribution in [0.5, 0.6) is 5.75 Å². The van der Waals surface area contributed by atoms with Crippen molar-refractivity contribution in [3.63, 3.8) is 0 Å². The number of hydrogen-bond donors (Lipinski definition) is 2. The Morgan fingerprint density at radius 3 is 1.28 bits per heavy atom. The molecule has 0 aliphatic heterocycles. The van der Waals surface area contributed by atoms with Gasteiger partial charge in [-0.25, -0.2) is 0 Å². The molecule has 2 N–H and O–H groups in total. The van der Waals surface area contributed by atoms with Crippen molar-refractivity contribution < 1.29 is 196 Å². The number of carbonyl (C=O) groups excluding carboxylic acids is 3. The summed E-state index contributed by atoms with van der Waals surface area (Å²) in [6.45, 7) is 10.3. The van der Waals surface area contributed by atoms with Crippen molar-refractivity contribution in [1.29, 1.82) is 0 Å². The standard InChI is InChI=1S/C37H22S.C36H22N2S.C36H37O6.C6H14O4.CO2.2Cs/c1-5-18-30-23(11-1)24-12-2-6-19-31(24)37(30)32-20-7-3-14-29(32)35-26(15-10-21-33(35)37)28-17-9-16-27-25-13-4-8-22-34(25)38-36(27)28;1-5-13-31-25(9-1)26-10-2-6-14-32(26)37(31)23-17-19-35-29(21-23)30-22-24(18-20-36(30)39-35)38-33-15-7-3-11-27(33)28-12-4-8-16-34(28)38;1-24-5-9-27(10-6-24)36(32-21-25(2)7-12-29(32)30-13-8-26(3)22-33(30)36)28-11-14-34(31(23-28)35(37)38)42-20-19-41-18-17-40-16-15-39-4;7-1-3-9-5-6-10-4-2-8;2-1-3;;/h1-22H;1-22H;5,7-14,21-23H,15-20H2,1-4H3,(H,37,38);7-8H,1-6H2;;;/q;;-1;;;2*+1/p-1. The average molecular weight is 2040 g/mol. The monoisotopic (exact) mass is 2040 g/mol. The second-order valence-electron chi connectivity index (χ2n) is 33.0. The summed E-state index contributed by atoms with van der Waals surface area (Å²) in [5.41, 5.74) is 29.6. The van der Waals surface area contributed by atoms with E-state index in [9.17, 15) is 9.90 Å². The number of ether oxygens (including phenoxy) is 6. The number of aryl methyl sites for hydroxylation is 3. The second kappa shape index (κ2) is 43.2. The van der Waals surface area contributed by atoms with Crippen LogP contribution < -0.4 is 148 Å². The summed E-state index contributed by atoms with van der Waals surface area (Å²) in [5.74, 6) is -1.05. The van der Waals surface area contributed by atoms with Gasteiger partial charge in [-0.3, -0.25) is 0 Å². The van der Waals surface area contributed by atoms with Gasteiger partial charge in [0.15, 0.2) is 0 Å². The molecule has 0 unspecified atom stereocenters. The van der Waals surface area contributed by atoms with Crippen molar-refractivity contribution in [3.8, 4) is 61.6 Å². The van der Waals surface area contributed by atoms with Crippen LogP contribution in [0.1, 0.15) is 71.6 Å². The summed E-state index contributed by atoms with van der Waals surface area (Å²) in [4.78, 5) is 28.7. The van der Waals surface area contributed by atoms with E-state index >= 15 is 0 Å². The number of methoxy groups -OCH3 is 1. The molecule has 0 saturated heterocycles. The van der Waals surface area contributed by atoms with Gasteiger partial charge in [-0.05, 0) is 171 Å². The van der Waals surface area contributed by atoms with Crippen molar-refractivity contribution in [2.75, 3.05) is 86.4 Å². The van der Waals surface area contributed by atoms with Crippen molar-refractivity contribution in [2.24, 2.45) is 0 Å². The number of carbonyl (C=O) groups is 1. The number of benzene rings is 16. The van der Waals surface area contributed by atoms with Crippen LogP contribution in [0, 0.1) is 26.8 Å². The second-order valence-corrected chi connectivity index (χ2v) is 35.2. The van der Waals surface area contributed by atoms with E-state index < -0.39 is 11.4 Å². The molecule has 4 aromatic heterocycles. The molecule has 3 aliphatic carbocycles. The zero-order chi connectivity index (χ0) is 90.4. The number of carboxylic acids is 1. The maximum absolute atomic E-state index is 12.5. The summed E-state index contributed by atoms with van der Waals surface area (Å²) >= 11 is 3.78. The fourth-order valence-electron chi connectivity index (χ4n) is 20.0. The van der Waals surface area contributed by atoms with Crippen LogP contribution in [0.3, 0.4) is 0 Å². The summed E-state index contributed by atoms with van der Waals surface area (Å²) in [6.07, 6.45) is 0.250. The molecule has 0 radical (unpaired) electrons. The number of hydrogen-bond acceptors (Lipinski definition) is 14. The first-order valence-electron chi connectivity index (χ1n) is 44.4. The first-order valence-corrected chi connectivity index (χ1v) is 46.0. The maximum atomic E-state index is 12.5. The Kier molecular flexibility index (Phi) is 30.8. The quantitative estimate of drug-likeness (QED) is 0.0458. The summed E-state index contributed by atoms with van der Waals surface area (Å²) < 4.78 is 41.7. The molecule has 23 rings (SSSR count). The minimum atomic E-state index is -1.29. The summed E-state index contributed by atoms with van der Waals surface area (Å²) in [7, 11) is 1.62. The van der Waals surface area contributed by atoms with Gasteiger partial charge < -0.3 is 57.7 Å². The Bertz CT molecular complexity index is 7380. The van der Waals surface area contributed by atoms with E-state index in [2.05, 4.69) is 344 Å². The first-order chi connectivity index (χ1) is 64.9. The summed E-state index contributed by atoms with van der Waals surface area (Å²) in [5, 5.41) is 39.5. The molecule has 1 spiro atoms. The fourth-order valence-corrected chi connectivity index (χ4v) is 22.3. The largest absolute Gasteiger partial charge is 1.00 e. The predicted molar refractivity (Wildman–Crippen MR) is 530 cm³/mol. The van der Waals surface area contributed by atoms with Gasteiger partial charge in [0, 0.05) is 96.9 Å². The molecule has 0 saturated carbocycles. The van der Waals surface area contributed by atoms with E-state index in [0.29, 0.717) is 59.5 Å². The average Bonchev–Trinajstić information content (AvgIpc) is 1.50. The molecule has 654 valence electrons. The van der Waals surface area contributed by atoms with E-state index in [1.165, 1.54) is 151 Å². The van der Waals surface area contributed by atoms with E-state index in [0.717, 1.165) is 50.1 Å². The SMILES string of the molecule is COCCOCCOCCOc1ccc(C2(c3c[c-]c(C)cc3)c3cc(C)ccc3-c3ccc(C)cc32)cc1C(=O)[O-].O=C=O.OCCOCCOCCO.[Cs+].[Cs+].c1ccc2c(c1)-c1ccccc1C21c2ccccc2-c2c(-c3cccc4c3sc3ccccc34)cccc21.c1ccc2c(c1)c1ccccc1n2-c1ccc2sc3ccc(-n4c5ccccc5c5ccccc54)cc3c2c1. The van der Waals surface area contributed by atoms with Crippen LogP contribution in [-0.4, -0.2) is 118 Å². The van der Waals surface area contributed by atoms with Crippen molar-refractivity contribution in [1.82, 2.24) is 9.13 Å². The number of rotatable bonds is 23. The Morgan fingerprint density at radius 2 is 0.776 bits per heavy atom. The Morgan fingerprint density at radius 1 is 0.366 bits per heavy atom. The van der Waals surface area contributed by atoms with Crippen molar-refractivity contribution in [2.45, 2.75) is 31.6 Å². The smallest absolute Gasteiger partial charge is 0.545 e. The zero-order valence-corrected chi connectivity index (χ0v) is 89.7. The van der Waals surface area contributed by atoms with E-state index in [1.54, 1.807) is 19.2 Å². The maximum Gasteiger partial charge on any atom is 1.00 e. The van der Waals surface area contributed by atoms with E-state index in [-0.39, 0.29) is 180 Å². The van der Waals surface area contributed by atoms with Crippen LogP contribution in [0.15, 0.2) is 340 Å². The third kappa shape index (κ3) is 18.0. The van der Waals surface area contributed by atoms with Crippen LogP contribution in [0.2, 0.25) is 0 Å². The zero-order valence-electron chi connectivity index (χ0n) is 75.5. The number of thiophene rings is 2. The number of aliphatic hydroxyl groups excluding tert-OH is 2. The molecule has 134 heavy (non-hydrogen) atoms. The molecule has 0 atom stereocenters. The molecular formula is C116H94Cs2N2O12S2. The van der Waals surface area contributed by atoms with Gasteiger partial charge in [0.1, 0.15) is 12.4 Å².